The van der Waals surface area contributed by atoms with Crippen molar-refractivity contribution in [2.45, 2.75) is 52.0 Å². The number of carbonyl (C=O) groups is 3. The minimum atomic E-state index is -0.522. The molecule has 2 atom stereocenters. The first kappa shape index (κ1) is 21.2. The summed E-state index contributed by atoms with van der Waals surface area (Å²) >= 11 is 0. The van der Waals surface area contributed by atoms with E-state index in [2.05, 4.69) is 22.5 Å². The van der Waals surface area contributed by atoms with Crippen LogP contribution in [0, 0.1) is 0 Å². The number of carbonyl (C=O) groups excluding carboxylic acids is 3. The van der Waals surface area contributed by atoms with Crippen LogP contribution in [-0.4, -0.2) is 64.9 Å². The molecule has 1 aromatic heterocycles. The van der Waals surface area contributed by atoms with Crippen LogP contribution in [-0.2, 0) is 19.1 Å². The highest BCUT2D eigenvalue weighted by atomic mass is 16.5. The summed E-state index contributed by atoms with van der Waals surface area (Å²) in [6.45, 7) is 9.30. The van der Waals surface area contributed by atoms with E-state index in [4.69, 9.17) is 9.72 Å². The van der Waals surface area contributed by atoms with Crippen molar-refractivity contribution in [3.05, 3.63) is 22.9 Å². The highest BCUT2D eigenvalue weighted by Crippen LogP contribution is 2.28. The van der Waals surface area contributed by atoms with Crippen molar-refractivity contribution in [2.24, 2.45) is 0 Å². The molecule has 0 bridgehead atoms. The van der Waals surface area contributed by atoms with Gasteiger partial charge in [-0.1, -0.05) is 20.8 Å². The molecule has 3 amide bonds. The number of rotatable bonds is 5. The van der Waals surface area contributed by atoms with E-state index >= 15 is 0 Å². The fourth-order valence-electron chi connectivity index (χ4n) is 3.75. The normalized spacial score (nSPS) is 22.9. The van der Waals surface area contributed by atoms with Crippen molar-refractivity contribution in [3.8, 4) is 0 Å². The third kappa shape index (κ3) is 4.56. The number of nitrogens with one attached hydrogen (secondary N) is 3. The quantitative estimate of drug-likeness (QED) is 0.628. The highest BCUT2D eigenvalue weighted by molar-refractivity contribution is 6.12. The van der Waals surface area contributed by atoms with Gasteiger partial charge in [-0.2, -0.15) is 0 Å². The first-order chi connectivity index (χ1) is 13.8. The number of amides is 3. The van der Waals surface area contributed by atoms with E-state index in [1.54, 1.807) is 6.08 Å². The Labute approximate surface area is 170 Å². The molecule has 9 nitrogen and oxygen atoms in total. The van der Waals surface area contributed by atoms with Crippen LogP contribution >= 0.6 is 0 Å². The fraction of sp³-hybridized carbons (Fsp3) is 0.600. The number of imidazole rings is 1. The van der Waals surface area contributed by atoms with Gasteiger partial charge in [0.15, 0.2) is 0 Å². The molecule has 2 aliphatic rings. The molecule has 3 N–H and O–H groups in total. The topological polar surface area (TPSA) is 116 Å². The van der Waals surface area contributed by atoms with Crippen LogP contribution in [0.5, 0.6) is 0 Å². The molecule has 0 saturated carbocycles. The number of aromatic nitrogens is 2. The summed E-state index contributed by atoms with van der Waals surface area (Å²) < 4.78 is 5.61. The van der Waals surface area contributed by atoms with Crippen LogP contribution < -0.4 is 10.6 Å². The van der Waals surface area contributed by atoms with E-state index in [1.807, 2.05) is 13.8 Å². The predicted octanol–water partition coefficient (Wildman–Crippen LogP) is 0.861. The van der Waals surface area contributed by atoms with Gasteiger partial charge < -0.3 is 20.4 Å². The van der Waals surface area contributed by atoms with Crippen molar-refractivity contribution < 1.29 is 19.1 Å². The largest absolute Gasteiger partial charge is 0.378 e. The Bertz CT molecular complexity index is 823. The first-order valence-electron chi connectivity index (χ1n) is 10.1. The molecule has 3 rings (SSSR count). The smallest absolute Gasteiger partial charge is 0.277 e. The molecule has 9 heteroatoms. The molecule has 0 aliphatic carbocycles. The van der Waals surface area contributed by atoms with E-state index in [-0.39, 0.29) is 30.1 Å². The molecule has 3 heterocycles. The standard InChI is InChI=1S/C20H29N5O4/c1-5-13(16-10-29-7-6-21-16)19-23-14(18(24-19)11(2)3)8-15-20(28)25(12(4)26)9-17(27)22-15/h8,11,13,16,21H,5-7,9-10H2,1-4H3,(H,22,27)(H,23,24)/b15-8-. The number of hydrogen-bond acceptors (Lipinski definition) is 6. The van der Waals surface area contributed by atoms with E-state index in [0.717, 1.165) is 29.4 Å². The van der Waals surface area contributed by atoms with Crippen molar-refractivity contribution >= 4 is 23.8 Å². The first-order valence-corrected chi connectivity index (χ1v) is 10.1. The number of hydrogen-bond donors (Lipinski definition) is 3. The van der Waals surface area contributed by atoms with Crippen molar-refractivity contribution in [3.63, 3.8) is 0 Å². The van der Waals surface area contributed by atoms with Crippen molar-refractivity contribution in [1.82, 2.24) is 25.5 Å². The third-order valence-electron chi connectivity index (χ3n) is 5.30. The summed E-state index contributed by atoms with van der Waals surface area (Å²) in [7, 11) is 0. The van der Waals surface area contributed by atoms with Crippen LogP contribution in [0.1, 0.15) is 63.2 Å². The maximum atomic E-state index is 12.6. The molecule has 2 fully saturated rings. The average molecular weight is 403 g/mol. The Balaban J connectivity index is 1.96. The zero-order valence-electron chi connectivity index (χ0n) is 17.4. The van der Waals surface area contributed by atoms with Gasteiger partial charge in [-0.15, -0.1) is 0 Å². The second-order valence-electron chi connectivity index (χ2n) is 7.74. The van der Waals surface area contributed by atoms with Gasteiger partial charge in [-0.3, -0.25) is 19.3 Å². The fourth-order valence-corrected chi connectivity index (χ4v) is 3.75. The molecule has 158 valence electrons. The van der Waals surface area contributed by atoms with Gasteiger partial charge in [-0.25, -0.2) is 4.98 Å². The van der Waals surface area contributed by atoms with Gasteiger partial charge in [0.2, 0.25) is 11.8 Å². The summed E-state index contributed by atoms with van der Waals surface area (Å²) in [6.07, 6.45) is 2.43. The Morgan fingerprint density at radius 3 is 2.72 bits per heavy atom. The molecule has 2 saturated heterocycles. The molecule has 2 unspecified atom stereocenters. The minimum absolute atomic E-state index is 0.0589. The summed E-state index contributed by atoms with van der Waals surface area (Å²) in [5.41, 5.74) is 1.53. The number of ether oxygens (including phenoxy) is 1. The molecule has 2 aliphatic heterocycles. The van der Waals surface area contributed by atoms with E-state index in [1.165, 1.54) is 6.92 Å². The van der Waals surface area contributed by atoms with Gasteiger partial charge >= 0.3 is 0 Å². The van der Waals surface area contributed by atoms with Crippen LogP contribution in [0.2, 0.25) is 0 Å². The van der Waals surface area contributed by atoms with Crippen LogP contribution in [0.4, 0.5) is 0 Å². The van der Waals surface area contributed by atoms with Crippen LogP contribution in [0.15, 0.2) is 5.70 Å². The maximum Gasteiger partial charge on any atom is 0.277 e. The number of aromatic amines is 1. The Morgan fingerprint density at radius 2 is 2.14 bits per heavy atom. The number of nitrogens with zero attached hydrogens (tertiary/aromatic N) is 2. The van der Waals surface area contributed by atoms with E-state index in [0.29, 0.717) is 18.9 Å². The van der Waals surface area contributed by atoms with Gasteiger partial charge in [0.25, 0.3) is 5.91 Å². The SMILES string of the molecule is CCC(c1nc(/C=C2\NC(=O)CN(C(C)=O)C2=O)c(C(C)C)[nH]1)C1COCCN1. The Morgan fingerprint density at radius 1 is 1.38 bits per heavy atom. The van der Waals surface area contributed by atoms with Gasteiger partial charge in [0, 0.05) is 31.1 Å². The Kier molecular flexibility index (Phi) is 6.49. The average Bonchev–Trinajstić information content (AvgIpc) is 3.09. The Hall–Kier alpha value is -2.52. The number of imide groups is 1. The molecule has 0 aromatic carbocycles. The summed E-state index contributed by atoms with van der Waals surface area (Å²) in [5, 5.41) is 6.06. The maximum absolute atomic E-state index is 12.6. The summed E-state index contributed by atoms with van der Waals surface area (Å²) in [4.78, 5) is 45.4. The monoisotopic (exact) mass is 403 g/mol. The summed E-state index contributed by atoms with van der Waals surface area (Å²) in [5.74, 6) is -0.297. The van der Waals surface area contributed by atoms with E-state index in [9.17, 15) is 14.4 Å². The molecule has 1 aromatic rings. The number of H-pyrrole nitrogens is 1. The lowest BCUT2D eigenvalue weighted by atomic mass is 9.96. The number of morpholine rings is 1. The second kappa shape index (κ2) is 8.87. The minimum Gasteiger partial charge on any atom is -0.378 e. The van der Waals surface area contributed by atoms with Crippen molar-refractivity contribution in [1.29, 1.82) is 0 Å². The van der Waals surface area contributed by atoms with Crippen molar-refractivity contribution in [2.75, 3.05) is 26.3 Å². The zero-order chi connectivity index (χ0) is 21.1. The number of piperazine rings is 1. The lowest BCUT2D eigenvalue weighted by Crippen LogP contribution is -2.51. The lowest BCUT2D eigenvalue weighted by Gasteiger charge is -2.29. The molecule has 0 spiro atoms. The predicted molar refractivity (Wildman–Crippen MR) is 107 cm³/mol. The van der Waals surface area contributed by atoms with Crippen LogP contribution in [0.25, 0.3) is 6.08 Å². The highest BCUT2D eigenvalue weighted by Gasteiger charge is 2.32. The second-order valence-corrected chi connectivity index (χ2v) is 7.74. The van der Waals surface area contributed by atoms with Crippen LogP contribution in [0.3, 0.4) is 0 Å². The summed E-state index contributed by atoms with van der Waals surface area (Å²) in [6, 6.07) is 0.157. The third-order valence-corrected chi connectivity index (χ3v) is 5.30. The van der Waals surface area contributed by atoms with Gasteiger partial charge in [-0.05, 0) is 18.4 Å². The molecular weight excluding hydrogens is 374 g/mol. The molecule has 0 radical (unpaired) electrons. The molecule has 29 heavy (non-hydrogen) atoms. The molecular formula is C20H29N5O4. The van der Waals surface area contributed by atoms with Gasteiger partial charge in [0.1, 0.15) is 18.1 Å². The van der Waals surface area contributed by atoms with Gasteiger partial charge in [0.05, 0.1) is 18.9 Å². The van der Waals surface area contributed by atoms with E-state index < -0.39 is 17.7 Å². The zero-order valence-corrected chi connectivity index (χ0v) is 17.4. The lowest BCUT2D eigenvalue weighted by molar-refractivity contribution is -0.147.